The zero-order valence-corrected chi connectivity index (χ0v) is 17.8. The molecule has 5 heterocycles. The van der Waals surface area contributed by atoms with E-state index in [-0.39, 0.29) is 5.75 Å². The van der Waals surface area contributed by atoms with Gasteiger partial charge in [-0.1, -0.05) is 6.07 Å². The van der Waals surface area contributed by atoms with E-state index in [1.54, 1.807) is 16.9 Å². The normalized spacial score (nSPS) is 24.9. The van der Waals surface area contributed by atoms with Crippen molar-refractivity contribution in [2.24, 2.45) is 7.05 Å². The van der Waals surface area contributed by atoms with Gasteiger partial charge < -0.3 is 15.3 Å². The van der Waals surface area contributed by atoms with Crippen molar-refractivity contribution in [2.45, 2.75) is 56.7 Å². The fourth-order valence-electron chi connectivity index (χ4n) is 5.66. The van der Waals surface area contributed by atoms with Gasteiger partial charge in [-0.25, -0.2) is 0 Å². The van der Waals surface area contributed by atoms with Crippen LogP contribution >= 0.6 is 0 Å². The maximum Gasteiger partial charge on any atom is 0.154 e. The van der Waals surface area contributed by atoms with E-state index < -0.39 is 0 Å². The molecule has 1 aromatic carbocycles. The molecule has 6 rings (SSSR count). The van der Waals surface area contributed by atoms with Crippen LogP contribution in [0.2, 0.25) is 0 Å². The molecule has 0 saturated carbocycles. The molecule has 31 heavy (non-hydrogen) atoms. The van der Waals surface area contributed by atoms with Crippen LogP contribution in [0.5, 0.6) is 5.75 Å². The Balaban J connectivity index is 1.29. The molecule has 3 aliphatic rings. The highest BCUT2D eigenvalue weighted by Crippen LogP contribution is 2.37. The second-order valence-electron chi connectivity index (χ2n) is 9.27. The first-order chi connectivity index (χ1) is 15.1. The molecule has 2 bridgehead atoms. The minimum atomic E-state index is 0.221. The highest BCUT2D eigenvalue weighted by atomic mass is 16.3. The minimum Gasteiger partial charge on any atom is -0.507 e. The van der Waals surface area contributed by atoms with Crippen molar-refractivity contribution in [1.29, 1.82) is 0 Å². The van der Waals surface area contributed by atoms with Crippen LogP contribution in [0.1, 0.15) is 37.7 Å². The number of aryl methyl sites for hydroxylation is 2. The number of hydrogen-bond donors (Lipinski definition) is 2. The zero-order chi connectivity index (χ0) is 20.9. The molecule has 3 aromatic rings. The Morgan fingerprint density at radius 2 is 1.90 bits per heavy atom. The van der Waals surface area contributed by atoms with Crippen molar-refractivity contribution in [3.8, 4) is 28.1 Å². The summed E-state index contributed by atoms with van der Waals surface area (Å²) < 4.78 is 1.76. The highest BCUT2D eigenvalue weighted by Gasteiger charge is 2.37. The van der Waals surface area contributed by atoms with Crippen LogP contribution in [-0.4, -0.2) is 49.8 Å². The number of nitrogens with zero attached hydrogens (tertiary/aromatic N) is 5. The minimum absolute atomic E-state index is 0.221. The van der Waals surface area contributed by atoms with E-state index >= 15 is 0 Å². The van der Waals surface area contributed by atoms with Crippen LogP contribution < -0.4 is 10.2 Å². The Morgan fingerprint density at radius 1 is 1.06 bits per heavy atom. The van der Waals surface area contributed by atoms with Crippen LogP contribution in [0.15, 0.2) is 36.7 Å². The lowest BCUT2D eigenvalue weighted by Gasteiger charge is -2.41. The van der Waals surface area contributed by atoms with Gasteiger partial charge in [-0.05, 0) is 67.9 Å². The van der Waals surface area contributed by atoms with E-state index in [0.29, 0.717) is 18.1 Å². The molecular formula is C24H28N6O. The summed E-state index contributed by atoms with van der Waals surface area (Å²) in [5, 5.41) is 27.9. The van der Waals surface area contributed by atoms with Gasteiger partial charge in [-0.3, -0.25) is 4.68 Å². The summed E-state index contributed by atoms with van der Waals surface area (Å²) in [6, 6.07) is 9.73. The Bertz CT molecular complexity index is 1110. The molecule has 0 radical (unpaired) electrons. The molecule has 2 N–H and O–H groups in total. The summed E-state index contributed by atoms with van der Waals surface area (Å²) in [5.41, 5.74) is 4.62. The van der Waals surface area contributed by atoms with Crippen molar-refractivity contribution in [1.82, 2.24) is 25.3 Å². The van der Waals surface area contributed by atoms with Crippen molar-refractivity contribution in [3.63, 3.8) is 0 Å². The summed E-state index contributed by atoms with van der Waals surface area (Å²) in [5.74, 6) is 1.27. The Morgan fingerprint density at radius 3 is 2.65 bits per heavy atom. The second-order valence-corrected chi connectivity index (χ2v) is 9.27. The number of hydrogen-bond acceptors (Lipinski definition) is 6. The number of benzene rings is 1. The number of phenols is 1. The molecule has 2 aromatic heterocycles. The molecule has 7 nitrogen and oxygen atoms in total. The summed E-state index contributed by atoms with van der Waals surface area (Å²) in [6.07, 6.45) is 10.9. The third-order valence-electron chi connectivity index (χ3n) is 7.17. The van der Waals surface area contributed by atoms with Crippen LogP contribution in [0.3, 0.4) is 0 Å². The number of nitrogens with one attached hydrogen (secondary N) is 1. The number of rotatable bonds is 3. The molecule has 2 saturated heterocycles. The van der Waals surface area contributed by atoms with Crippen molar-refractivity contribution in [3.05, 3.63) is 42.2 Å². The monoisotopic (exact) mass is 416 g/mol. The number of fused-ring (bicyclic) bond motifs is 3. The topological polar surface area (TPSA) is 79.1 Å². The van der Waals surface area contributed by atoms with E-state index in [1.807, 2.05) is 25.4 Å². The molecular weight excluding hydrogens is 388 g/mol. The zero-order valence-electron chi connectivity index (χ0n) is 17.8. The molecule has 2 fully saturated rings. The first kappa shape index (κ1) is 18.8. The Labute approximate surface area is 182 Å². The fraction of sp³-hybridized carbons (Fsp3) is 0.458. The quantitative estimate of drug-likeness (QED) is 0.682. The Hall–Kier alpha value is -2.93. The first-order valence-electron chi connectivity index (χ1n) is 11.4. The summed E-state index contributed by atoms with van der Waals surface area (Å²) in [6.45, 7) is 1.07. The van der Waals surface area contributed by atoms with Gasteiger partial charge in [-0.15, -0.1) is 10.2 Å². The fourth-order valence-corrected chi connectivity index (χ4v) is 5.66. The van der Waals surface area contributed by atoms with Crippen LogP contribution in [0.4, 0.5) is 5.82 Å². The van der Waals surface area contributed by atoms with Gasteiger partial charge in [0.05, 0.1) is 11.9 Å². The largest absolute Gasteiger partial charge is 0.507 e. The average molecular weight is 417 g/mol. The lowest BCUT2D eigenvalue weighted by atomic mass is 9.94. The molecule has 0 aliphatic carbocycles. The van der Waals surface area contributed by atoms with Crippen LogP contribution in [0, 0.1) is 0 Å². The van der Waals surface area contributed by atoms with Gasteiger partial charge in [-0.2, -0.15) is 5.10 Å². The van der Waals surface area contributed by atoms with Gasteiger partial charge in [0.1, 0.15) is 5.75 Å². The molecule has 0 amide bonds. The third kappa shape index (κ3) is 3.37. The maximum absolute atomic E-state index is 10.7. The Kier molecular flexibility index (Phi) is 4.45. The predicted octanol–water partition coefficient (Wildman–Crippen LogP) is 3.29. The summed E-state index contributed by atoms with van der Waals surface area (Å²) in [4.78, 5) is 2.51. The number of piperidine rings is 1. The predicted molar refractivity (Wildman–Crippen MR) is 120 cm³/mol. The molecule has 3 atom stereocenters. The molecule has 3 aliphatic heterocycles. The highest BCUT2D eigenvalue weighted by molar-refractivity contribution is 5.74. The van der Waals surface area contributed by atoms with Gasteiger partial charge in [0.25, 0.3) is 0 Å². The van der Waals surface area contributed by atoms with E-state index in [9.17, 15) is 5.11 Å². The van der Waals surface area contributed by atoms with Crippen LogP contribution in [0.25, 0.3) is 22.4 Å². The summed E-state index contributed by atoms with van der Waals surface area (Å²) in [7, 11) is 1.89. The summed E-state index contributed by atoms with van der Waals surface area (Å²) >= 11 is 0. The van der Waals surface area contributed by atoms with Gasteiger partial charge in [0.15, 0.2) is 5.82 Å². The maximum atomic E-state index is 10.7. The van der Waals surface area contributed by atoms with E-state index in [4.69, 9.17) is 0 Å². The number of aromatic nitrogens is 4. The SMILES string of the molecule is Cn1cc(-c2ccc(-c3cc4c(nn3)N(C3C[C@H]5CC[C@@H](C3)N5)CCC4)c(O)c2)cn1. The van der Waals surface area contributed by atoms with Crippen LogP contribution in [-0.2, 0) is 13.5 Å². The van der Waals surface area contributed by atoms with Gasteiger partial charge in [0, 0.05) is 49.0 Å². The lowest BCUT2D eigenvalue weighted by molar-refractivity contribution is 0.341. The van der Waals surface area contributed by atoms with Crippen molar-refractivity contribution < 1.29 is 5.11 Å². The smallest absolute Gasteiger partial charge is 0.154 e. The average Bonchev–Trinajstić information content (AvgIpc) is 3.37. The lowest BCUT2D eigenvalue weighted by Crippen LogP contribution is -2.50. The number of anilines is 1. The number of phenolic OH excluding ortho intramolecular Hbond substituents is 1. The van der Waals surface area contributed by atoms with E-state index in [1.165, 1.54) is 31.2 Å². The molecule has 7 heteroatoms. The second kappa shape index (κ2) is 7.34. The third-order valence-corrected chi connectivity index (χ3v) is 7.17. The van der Waals surface area contributed by atoms with Crippen molar-refractivity contribution >= 4 is 5.82 Å². The van der Waals surface area contributed by atoms with Gasteiger partial charge >= 0.3 is 0 Å². The van der Waals surface area contributed by atoms with Crippen molar-refractivity contribution in [2.75, 3.05) is 11.4 Å². The van der Waals surface area contributed by atoms with E-state index in [2.05, 4.69) is 31.6 Å². The molecule has 160 valence electrons. The van der Waals surface area contributed by atoms with E-state index in [0.717, 1.165) is 47.6 Å². The molecule has 1 unspecified atom stereocenters. The molecule has 0 spiro atoms. The number of aromatic hydroxyl groups is 1. The van der Waals surface area contributed by atoms with Gasteiger partial charge in [0.2, 0.25) is 0 Å². The first-order valence-corrected chi connectivity index (χ1v) is 11.4. The standard InChI is InChI=1S/C24H28N6O/c1-29-14-17(13-25-29)15-4-7-21(23(31)10-15)22-9-16-3-2-8-30(24(16)28-27-22)20-11-18-5-6-19(12-20)26-18/h4,7,9-10,13-14,18-20,26,31H,2-3,5-6,8,11-12H2,1H3/t18-,19+,20?.